The topological polar surface area (TPSA) is 95.4 Å². The minimum atomic E-state index is -0.755. The summed E-state index contributed by atoms with van der Waals surface area (Å²) in [6, 6.07) is 16.4. The molecular weight excluding hydrogens is 530 g/mol. The Kier molecular flexibility index (Phi) is 10.4. The van der Waals surface area contributed by atoms with Gasteiger partial charge in [0.15, 0.2) is 0 Å². The van der Waals surface area contributed by atoms with Gasteiger partial charge in [0.05, 0.1) is 38.4 Å². The lowest BCUT2D eigenvalue weighted by atomic mass is 9.71. The summed E-state index contributed by atoms with van der Waals surface area (Å²) in [5.74, 6) is -0.0302. The van der Waals surface area contributed by atoms with E-state index >= 15 is 0 Å². The molecular formula is C34H45N3O5. The number of aliphatic hydroxyl groups excluding tert-OH is 1. The van der Waals surface area contributed by atoms with E-state index in [0.717, 1.165) is 86.2 Å². The molecule has 1 atom stereocenters. The second-order valence-electron chi connectivity index (χ2n) is 12.0. The van der Waals surface area contributed by atoms with E-state index < -0.39 is 12.1 Å². The molecule has 226 valence electrons. The van der Waals surface area contributed by atoms with Crippen molar-refractivity contribution in [3.05, 3.63) is 71.4 Å². The smallest absolute Gasteiger partial charge is 0.303 e. The first kappa shape index (κ1) is 30.4. The monoisotopic (exact) mass is 575 g/mol. The summed E-state index contributed by atoms with van der Waals surface area (Å²) in [4.78, 5) is 21.5. The molecule has 2 saturated heterocycles. The van der Waals surface area contributed by atoms with E-state index in [1.54, 1.807) is 7.11 Å². The summed E-state index contributed by atoms with van der Waals surface area (Å²) in [6.07, 6.45) is 6.31. The number of likely N-dealkylation sites (tertiary alicyclic amines) is 1. The number of methoxy groups -OCH3 is 1. The van der Waals surface area contributed by atoms with Crippen LogP contribution in [0.3, 0.4) is 0 Å². The predicted molar refractivity (Wildman–Crippen MR) is 164 cm³/mol. The molecule has 3 heterocycles. The van der Waals surface area contributed by atoms with Crippen molar-refractivity contribution >= 4 is 16.9 Å². The molecule has 0 saturated carbocycles. The Morgan fingerprint density at radius 1 is 1.07 bits per heavy atom. The molecule has 2 aliphatic rings. The Balaban J connectivity index is 1.28. The number of carbonyl (C=O) groups is 1. The van der Waals surface area contributed by atoms with E-state index in [1.165, 1.54) is 5.56 Å². The van der Waals surface area contributed by atoms with Gasteiger partial charge in [-0.25, -0.2) is 0 Å². The molecule has 2 aliphatic heterocycles. The number of aliphatic carboxylic acids is 1. The first-order valence-electron chi connectivity index (χ1n) is 15.4. The number of aryl methyl sites for hydroxylation is 1. The fourth-order valence-corrected chi connectivity index (χ4v) is 6.71. The maximum Gasteiger partial charge on any atom is 0.303 e. The summed E-state index contributed by atoms with van der Waals surface area (Å²) >= 11 is 0. The lowest BCUT2D eigenvalue weighted by Gasteiger charge is -2.42. The molecule has 0 amide bonds. The second-order valence-corrected chi connectivity index (χ2v) is 12.0. The van der Waals surface area contributed by atoms with E-state index in [-0.39, 0.29) is 11.8 Å². The zero-order valence-electron chi connectivity index (χ0n) is 24.8. The number of morpholine rings is 1. The zero-order valence-corrected chi connectivity index (χ0v) is 24.8. The number of aromatic nitrogens is 1. The molecule has 8 heteroatoms. The highest BCUT2D eigenvalue weighted by Gasteiger charge is 2.37. The molecule has 2 N–H and O–H groups in total. The van der Waals surface area contributed by atoms with Gasteiger partial charge in [-0.1, -0.05) is 30.3 Å². The summed E-state index contributed by atoms with van der Waals surface area (Å²) < 4.78 is 11.1. The van der Waals surface area contributed by atoms with Crippen molar-refractivity contribution in [1.82, 2.24) is 14.8 Å². The molecule has 0 spiro atoms. The number of rotatable bonds is 13. The average molecular weight is 576 g/mol. The number of hydrogen-bond donors (Lipinski definition) is 2. The van der Waals surface area contributed by atoms with Crippen LogP contribution in [0.15, 0.2) is 54.7 Å². The van der Waals surface area contributed by atoms with Crippen LogP contribution < -0.4 is 4.74 Å². The molecule has 2 fully saturated rings. The fourth-order valence-electron chi connectivity index (χ4n) is 6.71. The molecule has 0 aliphatic carbocycles. The highest BCUT2D eigenvalue weighted by molar-refractivity contribution is 5.85. The first-order valence-corrected chi connectivity index (χ1v) is 15.4. The number of pyridine rings is 1. The van der Waals surface area contributed by atoms with Crippen LogP contribution in [0.1, 0.15) is 61.3 Å². The Labute approximate surface area is 249 Å². The number of ether oxygens (including phenoxy) is 2. The van der Waals surface area contributed by atoms with Crippen molar-refractivity contribution in [2.45, 2.75) is 57.6 Å². The maximum absolute atomic E-state index is 12.0. The summed E-state index contributed by atoms with van der Waals surface area (Å²) in [5.41, 5.74) is 3.76. The molecule has 42 heavy (non-hydrogen) atoms. The van der Waals surface area contributed by atoms with Crippen LogP contribution in [0, 0.1) is 5.41 Å². The minimum Gasteiger partial charge on any atom is -0.497 e. The van der Waals surface area contributed by atoms with E-state index in [0.29, 0.717) is 32.6 Å². The van der Waals surface area contributed by atoms with Gasteiger partial charge in [-0.2, -0.15) is 0 Å². The molecule has 0 bridgehead atoms. The first-order chi connectivity index (χ1) is 20.4. The van der Waals surface area contributed by atoms with Crippen molar-refractivity contribution in [3.63, 3.8) is 0 Å². The number of hydrogen-bond acceptors (Lipinski definition) is 7. The van der Waals surface area contributed by atoms with Gasteiger partial charge in [0.25, 0.3) is 0 Å². The lowest BCUT2D eigenvalue weighted by Crippen LogP contribution is -2.41. The number of carboxylic acids is 1. The standard InChI is InChI=1S/C34H45N3O5/c1-41-28-9-10-30-29(22-28)33(27(24-35-30)25-37-18-20-42-21-19-37)31(38)11-12-34(23-32(39)40)13-16-36(17-14-34)15-5-8-26-6-3-2-4-7-26/h2-4,6-7,9-10,22,24,31,38H,5,8,11-21,23,25H2,1H3,(H,39,40). The largest absolute Gasteiger partial charge is 0.497 e. The third kappa shape index (κ3) is 7.86. The zero-order chi connectivity index (χ0) is 29.4. The Hall–Kier alpha value is -3.04. The number of carboxylic acid groups (broad SMARTS) is 1. The van der Waals surface area contributed by atoms with Gasteiger partial charge in [-0.3, -0.25) is 14.7 Å². The van der Waals surface area contributed by atoms with E-state index in [2.05, 4.69) is 34.1 Å². The third-order valence-corrected chi connectivity index (χ3v) is 9.20. The van der Waals surface area contributed by atoms with E-state index in [1.807, 2.05) is 30.5 Å². The maximum atomic E-state index is 12.0. The quantitative estimate of drug-likeness (QED) is 0.292. The van der Waals surface area contributed by atoms with Crippen molar-refractivity contribution in [1.29, 1.82) is 0 Å². The van der Waals surface area contributed by atoms with Crippen LogP contribution in [0.5, 0.6) is 5.75 Å². The average Bonchev–Trinajstić information content (AvgIpc) is 3.01. The Bertz CT molecular complexity index is 1300. The van der Waals surface area contributed by atoms with Gasteiger partial charge in [-0.15, -0.1) is 0 Å². The molecule has 1 unspecified atom stereocenters. The van der Waals surface area contributed by atoms with Crippen molar-refractivity contribution in [2.75, 3.05) is 53.0 Å². The normalized spacial score (nSPS) is 18.6. The van der Waals surface area contributed by atoms with Crippen molar-refractivity contribution in [3.8, 4) is 5.75 Å². The van der Waals surface area contributed by atoms with Gasteiger partial charge in [0.1, 0.15) is 5.75 Å². The molecule has 5 rings (SSSR count). The second kappa shape index (κ2) is 14.4. The molecule has 1 aromatic heterocycles. The predicted octanol–water partition coefficient (Wildman–Crippen LogP) is 5.08. The van der Waals surface area contributed by atoms with Gasteiger partial charge in [0, 0.05) is 31.2 Å². The minimum absolute atomic E-state index is 0.142. The van der Waals surface area contributed by atoms with Gasteiger partial charge in [0.2, 0.25) is 0 Å². The van der Waals surface area contributed by atoms with Crippen molar-refractivity contribution < 1.29 is 24.5 Å². The number of aliphatic hydroxyl groups is 1. The number of benzene rings is 2. The fraction of sp³-hybridized carbons (Fsp3) is 0.529. The highest BCUT2D eigenvalue weighted by atomic mass is 16.5. The van der Waals surface area contributed by atoms with Crippen LogP contribution in [-0.2, 0) is 22.5 Å². The lowest BCUT2D eigenvalue weighted by molar-refractivity contribution is -0.141. The SMILES string of the molecule is COc1ccc2ncc(CN3CCOCC3)c(C(O)CCC3(CC(=O)O)CCN(CCCc4ccccc4)CC3)c2c1. The highest BCUT2D eigenvalue weighted by Crippen LogP contribution is 2.42. The van der Waals surface area contributed by atoms with Crippen molar-refractivity contribution in [2.24, 2.45) is 5.41 Å². The van der Waals surface area contributed by atoms with Gasteiger partial charge >= 0.3 is 5.97 Å². The molecule has 2 aromatic carbocycles. The van der Waals surface area contributed by atoms with E-state index in [4.69, 9.17) is 14.5 Å². The Morgan fingerprint density at radius 3 is 2.55 bits per heavy atom. The van der Waals surface area contributed by atoms with Crippen LogP contribution in [0.25, 0.3) is 10.9 Å². The van der Waals surface area contributed by atoms with Crippen LogP contribution in [0.4, 0.5) is 0 Å². The number of piperidine rings is 1. The summed E-state index contributed by atoms with van der Waals surface area (Å²) in [7, 11) is 1.64. The number of fused-ring (bicyclic) bond motifs is 1. The summed E-state index contributed by atoms with van der Waals surface area (Å²) in [5, 5.41) is 22.5. The van der Waals surface area contributed by atoms with E-state index in [9.17, 15) is 15.0 Å². The molecule has 0 radical (unpaired) electrons. The number of nitrogens with zero attached hydrogens (tertiary/aromatic N) is 3. The molecule has 8 nitrogen and oxygen atoms in total. The summed E-state index contributed by atoms with van der Waals surface area (Å²) in [6.45, 7) is 6.60. The van der Waals surface area contributed by atoms with Crippen LogP contribution in [-0.4, -0.2) is 84.0 Å². The van der Waals surface area contributed by atoms with Gasteiger partial charge in [-0.05, 0) is 98.5 Å². The van der Waals surface area contributed by atoms with Crippen LogP contribution in [0.2, 0.25) is 0 Å². The van der Waals surface area contributed by atoms with Gasteiger partial charge < -0.3 is 24.6 Å². The Morgan fingerprint density at radius 2 is 1.83 bits per heavy atom. The third-order valence-electron chi connectivity index (χ3n) is 9.20. The van der Waals surface area contributed by atoms with Crippen LogP contribution >= 0.6 is 0 Å². The molecule has 3 aromatic rings.